The van der Waals surface area contributed by atoms with Gasteiger partial charge in [-0.1, -0.05) is 43.2 Å². The zero-order valence-electron chi connectivity index (χ0n) is 18.6. The van der Waals surface area contributed by atoms with Crippen molar-refractivity contribution in [2.24, 2.45) is 5.92 Å². The second kappa shape index (κ2) is 10.6. The lowest BCUT2D eigenvalue weighted by Gasteiger charge is -2.32. The number of rotatable bonds is 6. The topological polar surface area (TPSA) is 69.7 Å². The third kappa shape index (κ3) is 5.77. The van der Waals surface area contributed by atoms with E-state index in [0.717, 1.165) is 58.2 Å². The van der Waals surface area contributed by atoms with Crippen LogP contribution in [0.1, 0.15) is 44.1 Å². The van der Waals surface area contributed by atoms with Gasteiger partial charge in [0.25, 0.3) is 0 Å². The first-order valence-corrected chi connectivity index (χ1v) is 13.1. The Morgan fingerprint density at radius 2 is 1.56 bits per heavy atom. The Balaban J connectivity index is 1.35. The lowest BCUT2D eigenvalue weighted by atomic mass is 9.96. The van der Waals surface area contributed by atoms with E-state index in [1.54, 1.807) is 28.6 Å². The molecule has 1 amide bonds. The number of anilines is 1. The van der Waals surface area contributed by atoms with Crippen molar-refractivity contribution in [3.63, 3.8) is 0 Å². The Hall–Kier alpha value is -2.22. The number of likely N-dealkylation sites (tertiary alicyclic amines) is 1. The lowest BCUT2D eigenvalue weighted by Crippen LogP contribution is -2.40. The fourth-order valence-corrected chi connectivity index (χ4v) is 6.16. The van der Waals surface area contributed by atoms with Crippen LogP contribution in [0.2, 0.25) is 0 Å². The molecule has 0 aliphatic carbocycles. The van der Waals surface area contributed by atoms with Gasteiger partial charge in [0.1, 0.15) is 0 Å². The number of amides is 1. The van der Waals surface area contributed by atoms with Crippen molar-refractivity contribution < 1.29 is 13.2 Å². The molecule has 2 saturated heterocycles. The number of sulfonamides is 1. The lowest BCUT2D eigenvalue weighted by molar-refractivity contribution is -0.121. The predicted molar refractivity (Wildman–Crippen MR) is 127 cm³/mol. The quantitative estimate of drug-likeness (QED) is 0.712. The van der Waals surface area contributed by atoms with E-state index in [9.17, 15) is 13.2 Å². The van der Waals surface area contributed by atoms with E-state index in [-0.39, 0.29) is 11.8 Å². The Bertz CT molecular complexity index is 985. The summed E-state index contributed by atoms with van der Waals surface area (Å²) in [6, 6.07) is 17.0. The molecule has 2 heterocycles. The molecule has 7 heteroatoms. The molecule has 6 nitrogen and oxygen atoms in total. The van der Waals surface area contributed by atoms with Gasteiger partial charge in [0.15, 0.2) is 0 Å². The Labute approximate surface area is 191 Å². The molecule has 1 N–H and O–H groups in total. The van der Waals surface area contributed by atoms with Gasteiger partial charge < -0.3 is 5.32 Å². The van der Waals surface area contributed by atoms with Crippen LogP contribution >= 0.6 is 0 Å². The molecule has 0 radical (unpaired) electrons. The average Bonchev–Trinajstić information content (AvgIpc) is 3.11. The molecule has 2 aliphatic rings. The van der Waals surface area contributed by atoms with Gasteiger partial charge in [-0.25, -0.2) is 8.42 Å². The number of benzene rings is 2. The second-order valence-corrected chi connectivity index (χ2v) is 10.8. The minimum Gasteiger partial charge on any atom is -0.326 e. The monoisotopic (exact) mass is 455 g/mol. The SMILES string of the molecule is O=C(Nc1ccc(S(=O)(=O)N2CCCCCC2)cc1)C1CCCN(Cc2ccccc2)C1. The summed E-state index contributed by atoms with van der Waals surface area (Å²) in [5, 5.41) is 2.99. The van der Waals surface area contributed by atoms with E-state index >= 15 is 0 Å². The van der Waals surface area contributed by atoms with Crippen LogP contribution in [0.5, 0.6) is 0 Å². The van der Waals surface area contributed by atoms with Crippen LogP contribution in [-0.4, -0.2) is 49.7 Å². The highest BCUT2D eigenvalue weighted by Crippen LogP contribution is 2.24. The summed E-state index contributed by atoms with van der Waals surface area (Å²) in [6.45, 7) is 3.77. The number of hydrogen-bond acceptors (Lipinski definition) is 4. The predicted octanol–water partition coefficient (Wildman–Crippen LogP) is 4.10. The van der Waals surface area contributed by atoms with Gasteiger partial charge in [-0.15, -0.1) is 0 Å². The molecule has 1 atom stereocenters. The molecular formula is C25H33N3O3S. The third-order valence-electron chi connectivity index (χ3n) is 6.45. The Morgan fingerprint density at radius 3 is 2.25 bits per heavy atom. The zero-order chi connectivity index (χ0) is 22.4. The van der Waals surface area contributed by atoms with Gasteiger partial charge in [0, 0.05) is 31.9 Å². The maximum absolute atomic E-state index is 12.9. The first-order valence-electron chi connectivity index (χ1n) is 11.7. The van der Waals surface area contributed by atoms with Crippen molar-refractivity contribution in [3.05, 3.63) is 60.2 Å². The first-order chi connectivity index (χ1) is 15.5. The van der Waals surface area contributed by atoms with Crippen LogP contribution in [0.3, 0.4) is 0 Å². The van der Waals surface area contributed by atoms with Gasteiger partial charge in [-0.05, 0) is 62.1 Å². The van der Waals surface area contributed by atoms with E-state index < -0.39 is 10.0 Å². The van der Waals surface area contributed by atoms with Crippen LogP contribution < -0.4 is 5.32 Å². The normalized spacial score (nSPS) is 21.1. The highest BCUT2D eigenvalue weighted by molar-refractivity contribution is 7.89. The molecule has 4 rings (SSSR count). The summed E-state index contributed by atoms with van der Waals surface area (Å²) in [6.07, 6.45) is 5.87. The number of piperidine rings is 1. The molecule has 2 aromatic carbocycles. The van der Waals surface area contributed by atoms with E-state index in [1.165, 1.54) is 5.56 Å². The number of hydrogen-bond donors (Lipinski definition) is 1. The van der Waals surface area contributed by atoms with Crippen LogP contribution in [0.4, 0.5) is 5.69 Å². The molecule has 0 bridgehead atoms. The molecule has 2 aromatic rings. The zero-order valence-corrected chi connectivity index (χ0v) is 19.4. The molecule has 172 valence electrons. The number of nitrogens with zero attached hydrogens (tertiary/aromatic N) is 2. The van der Waals surface area contributed by atoms with Crippen molar-refractivity contribution >= 4 is 21.6 Å². The molecule has 32 heavy (non-hydrogen) atoms. The van der Waals surface area contributed by atoms with Crippen molar-refractivity contribution in [1.29, 1.82) is 0 Å². The Morgan fingerprint density at radius 1 is 0.875 bits per heavy atom. The largest absolute Gasteiger partial charge is 0.326 e. The van der Waals surface area contributed by atoms with E-state index in [0.29, 0.717) is 23.7 Å². The highest BCUT2D eigenvalue weighted by Gasteiger charge is 2.27. The summed E-state index contributed by atoms with van der Waals surface area (Å²) in [5.74, 6) is -0.0566. The van der Waals surface area contributed by atoms with Crippen LogP contribution in [0, 0.1) is 5.92 Å². The minimum absolute atomic E-state index is 0.00545. The number of carbonyl (C=O) groups excluding carboxylic acids is 1. The van der Waals surface area contributed by atoms with Gasteiger partial charge >= 0.3 is 0 Å². The van der Waals surface area contributed by atoms with Gasteiger partial charge in [-0.3, -0.25) is 9.69 Å². The van der Waals surface area contributed by atoms with Crippen LogP contribution in [0.15, 0.2) is 59.5 Å². The molecule has 0 spiro atoms. The summed E-state index contributed by atoms with van der Waals surface area (Å²) in [5.41, 5.74) is 1.90. The summed E-state index contributed by atoms with van der Waals surface area (Å²) in [7, 11) is -3.47. The molecule has 2 fully saturated rings. The summed E-state index contributed by atoms with van der Waals surface area (Å²) < 4.78 is 27.5. The van der Waals surface area contributed by atoms with Crippen LogP contribution in [0.25, 0.3) is 0 Å². The fraction of sp³-hybridized carbons (Fsp3) is 0.480. The molecule has 0 aromatic heterocycles. The van der Waals surface area contributed by atoms with Gasteiger partial charge in [0.05, 0.1) is 10.8 Å². The Kier molecular flexibility index (Phi) is 7.60. The van der Waals surface area contributed by atoms with Gasteiger partial charge in [-0.2, -0.15) is 4.31 Å². The molecule has 0 saturated carbocycles. The van der Waals surface area contributed by atoms with E-state index in [4.69, 9.17) is 0 Å². The van der Waals surface area contributed by atoms with Crippen molar-refractivity contribution in [2.45, 2.75) is 50.0 Å². The second-order valence-electron chi connectivity index (χ2n) is 8.89. The summed E-state index contributed by atoms with van der Waals surface area (Å²) in [4.78, 5) is 15.5. The van der Waals surface area contributed by atoms with E-state index in [2.05, 4.69) is 22.3 Å². The van der Waals surface area contributed by atoms with Crippen LogP contribution in [-0.2, 0) is 21.4 Å². The van der Waals surface area contributed by atoms with Crippen molar-refractivity contribution in [1.82, 2.24) is 9.21 Å². The molecule has 2 aliphatic heterocycles. The highest BCUT2D eigenvalue weighted by atomic mass is 32.2. The van der Waals surface area contributed by atoms with Crippen molar-refractivity contribution in [3.8, 4) is 0 Å². The molecular weight excluding hydrogens is 422 g/mol. The summed E-state index contributed by atoms with van der Waals surface area (Å²) >= 11 is 0. The van der Waals surface area contributed by atoms with Crippen molar-refractivity contribution in [2.75, 3.05) is 31.5 Å². The van der Waals surface area contributed by atoms with Gasteiger partial charge in [0.2, 0.25) is 15.9 Å². The number of nitrogens with one attached hydrogen (secondary N) is 1. The minimum atomic E-state index is -3.47. The smallest absolute Gasteiger partial charge is 0.243 e. The standard InChI is InChI=1S/C25H33N3O3S/c29-25(22-11-8-16-27(20-22)19-21-9-4-3-5-10-21)26-23-12-14-24(15-13-23)32(30,31)28-17-6-1-2-7-18-28/h3-5,9-10,12-15,22H,1-2,6-8,11,16-20H2,(H,26,29). The maximum atomic E-state index is 12.9. The maximum Gasteiger partial charge on any atom is 0.243 e. The molecule has 1 unspecified atom stereocenters. The fourth-order valence-electron chi connectivity index (χ4n) is 4.64. The third-order valence-corrected chi connectivity index (χ3v) is 8.36. The average molecular weight is 456 g/mol. The first kappa shape index (κ1) is 23.0. The number of carbonyl (C=O) groups is 1. The van der Waals surface area contributed by atoms with E-state index in [1.807, 2.05) is 18.2 Å².